The summed E-state index contributed by atoms with van der Waals surface area (Å²) in [4.78, 5) is 20.0. The van der Waals surface area contributed by atoms with E-state index in [2.05, 4.69) is 21.7 Å². The van der Waals surface area contributed by atoms with Crippen LogP contribution in [0.25, 0.3) is 0 Å². The number of benzene rings is 2. The summed E-state index contributed by atoms with van der Waals surface area (Å²) >= 11 is 0. The first-order valence-electron chi connectivity index (χ1n) is 14.7. The Labute approximate surface area is 237 Å². The van der Waals surface area contributed by atoms with Gasteiger partial charge in [0.2, 0.25) is 5.91 Å². The highest BCUT2D eigenvalue weighted by molar-refractivity contribution is 5.83. The van der Waals surface area contributed by atoms with Crippen LogP contribution in [0.15, 0.2) is 72.9 Å². The molecule has 1 aliphatic heterocycles. The first kappa shape index (κ1) is 27.7. The van der Waals surface area contributed by atoms with Gasteiger partial charge in [-0.25, -0.2) is 4.98 Å². The minimum absolute atomic E-state index is 0.0683. The number of amides is 1. The maximum atomic E-state index is 13.8. The van der Waals surface area contributed by atoms with E-state index in [-0.39, 0.29) is 18.0 Å². The number of carbonyl (C=O) groups excluding carboxylic acids is 1. The van der Waals surface area contributed by atoms with Crippen molar-refractivity contribution < 1.29 is 9.53 Å². The van der Waals surface area contributed by atoms with E-state index >= 15 is 0 Å². The lowest BCUT2D eigenvalue weighted by Gasteiger charge is -2.33. The van der Waals surface area contributed by atoms with Gasteiger partial charge in [0.25, 0.3) is 0 Å². The minimum atomic E-state index is -0.331. The van der Waals surface area contributed by atoms with Gasteiger partial charge in [0.1, 0.15) is 23.4 Å². The lowest BCUT2D eigenvalue weighted by atomic mass is 9.93. The molecule has 0 radical (unpaired) electrons. The Morgan fingerprint density at radius 2 is 1.62 bits per heavy atom. The monoisotopic (exact) mass is 537 g/mol. The number of aromatic nitrogens is 1. The number of hydrogen-bond acceptors (Lipinski definition) is 6. The lowest BCUT2D eigenvalue weighted by molar-refractivity contribution is -0.135. The quantitative estimate of drug-likeness (QED) is 0.314. The van der Waals surface area contributed by atoms with E-state index in [9.17, 15) is 10.1 Å². The van der Waals surface area contributed by atoms with Crippen molar-refractivity contribution in [2.75, 3.05) is 11.9 Å². The van der Waals surface area contributed by atoms with Crippen LogP contribution >= 0.6 is 0 Å². The van der Waals surface area contributed by atoms with Crippen LogP contribution < -0.4 is 15.4 Å². The highest BCUT2D eigenvalue weighted by atomic mass is 16.5. The number of hydrogen-bond donors (Lipinski definition) is 2. The Kier molecular flexibility index (Phi) is 9.65. The van der Waals surface area contributed by atoms with Gasteiger partial charge in [-0.2, -0.15) is 5.26 Å². The molecule has 1 amide bonds. The van der Waals surface area contributed by atoms with Crippen molar-refractivity contribution in [3.63, 3.8) is 0 Å². The van der Waals surface area contributed by atoms with E-state index in [4.69, 9.17) is 4.74 Å². The number of rotatable bonds is 9. The second kappa shape index (κ2) is 14.0. The Morgan fingerprint density at radius 1 is 0.925 bits per heavy atom. The van der Waals surface area contributed by atoms with Crippen LogP contribution in [-0.4, -0.2) is 40.5 Å². The van der Waals surface area contributed by atoms with E-state index in [0.29, 0.717) is 19.0 Å². The fourth-order valence-corrected chi connectivity index (χ4v) is 5.73. The van der Waals surface area contributed by atoms with Gasteiger partial charge in [0.15, 0.2) is 0 Å². The Morgan fingerprint density at radius 3 is 2.33 bits per heavy atom. The summed E-state index contributed by atoms with van der Waals surface area (Å²) in [6.45, 7) is 0.669. The zero-order valence-corrected chi connectivity index (χ0v) is 23.1. The Balaban J connectivity index is 1.23. The van der Waals surface area contributed by atoms with E-state index < -0.39 is 0 Å². The molecule has 1 unspecified atom stereocenters. The van der Waals surface area contributed by atoms with Gasteiger partial charge < -0.3 is 20.3 Å². The number of anilines is 2. The van der Waals surface area contributed by atoms with Crippen molar-refractivity contribution in [2.24, 2.45) is 0 Å². The first-order valence-corrected chi connectivity index (χ1v) is 14.7. The van der Waals surface area contributed by atoms with Crippen LogP contribution in [-0.2, 0) is 11.2 Å². The number of nitriles is 1. The van der Waals surface area contributed by atoms with Crippen molar-refractivity contribution in [2.45, 2.75) is 82.3 Å². The molecule has 2 fully saturated rings. The third kappa shape index (κ3) is 7.61. The van der Waals surface area contributed by atoms with Crippen molar-refractivity contribution in [3.05, 3.63) is 78.5 Å². The summed E-state index contributed by atoms with van der Waals surface area (Å²) in [6, 6.07) is 23.6. The van der Waals surface area contributed by atoms with Gasteiger partial charge in [-0.05, 0) is 86.2 Å². The highest BCUT2D eigenvalue weighted by Gasteiger charge is 2.32. The number of likely N-dealkylation sites (tertiary alicyclic amines) is 1. The average Bonchev–Trinajstić information content (AvgIpc) is 3.25. The minimum Gasteiger partial charge on any atom is -0.457 e. The van der Waals surface area contributed by atoms with Crippen LogP contribution in [0.5, 0.6) is 11.5 Å². The zero-order chi connectivity index (χ0) is 27.6. The number of carbonyl (C=O) groups is 1. The normalized spacial score (nSPS) is 18.8. The second-order valence-electron chi connectivity index (χ2n) is 10.9. The van der Waals surface area contributed by atoms with E-state index in [1.54, 1.807) is 6.20 Å². The van der Waals surface area contributed by atoms with Crippen LogP contribution in [0.3, 0.4) is 0 Å². The maximum Gasteiger partial charge on any atom is 0.241 e. The predicted molar refractivity (Wildman–Crippen MR) is 158 cm³/mol. The molecule has 2 atom stereocenters. The SMILES string of the molecule is N#CC1CCCCCN1C(=O)[C@H](Cc1ccc(Oc2ccc(Nc3ccccn3)cc2)cc1)NC1CCCCC1. The molecule has 0 bridgehead atoms. The van der Waals surface area contributed by atoms with E-state index in [1.807, 2.05) is 71.6 Å². The molecule has 7 heteroatoms. The van der Waals surface area contributed by atoms with Crippen molar-refractivity contribution >= 4 is 17.4 Å². The van der Waals surface area contributed by atoms with Crippen LogP contribution in [0.4, 0.5) is 11.5 Å². The summed E-state index contributed by atoms with van der Waals surface area (Å²) in [5.74, 6) is 2.35. The molecule has 2 aliphatic rings. The first-order chi connectivity index (χ1) is 19.7. The van der Waals surface area contributed by atoms with Crippen molar-refractivity contribution in [1.82, 2.24) is 15.2 Å². The fourth-order valence-electron chi connectivity index (χ4n) is 5.73. The highest BCUT2D eigenvalue weighted by Crippen LogP contribution is 2.26. The van der Waals surface area contributed by atoms with Gasteiger partial charge in [-0.15, -0.1) is 0 Å². The number of nitrogens with zero attached hydrogens (tertiary/aromatic N) is 3. The number of nitrogens with one attached hydrogen (secondary N) is 2. The summed E-state index contributed by atoms with van der Waals surface area (Å²) in [6.07, 6.45) is 12.1. The van der Waals surface area contributed by atoms with Gasteiger partial charge in [-0.3, -0.25) is 4.79 Å². The molecule has 2 N–H and O–H groups in total. The molecule has 208 valence electrons. The van der Waals surface area contributed by atoms with Gasteiger partial charge in [-0.1, -0.05) is 50.3 Å². The number of pyridine rings is 1. The third-order valence-electron chi connectivity index (χ3n) is 7.92. The van der Waals surface area contributed by atoms with Crippen LogP contribution in [0.1, 0.15) is 63.4 Å². The van der Waals surface area contributed by atoms with Crippen LogP contribution in [0, 0.1) is 11.3 Å². The fraction of sp³-hybridized carbons (Fsp3) is 0.424. The summed E-state index contributed by atoms with van der Waals surface area (Å²) in [7, 11) is 0. The smallest absolute Gasteiger partial charge is 0.241 e. The molecule has 1 saturated heterocycles. The molecule has 1 aliphatic carbocycles. The molecule has 0 spiro atoms. The second-order valence-corrected chi connectivity index (χ2v) is 10.9. The standard InChI is InChI=1S/C33H39N5O2/c34-24-28-11-5-2-8-22-38(28)33(39)31(36-26-9-3-1-4-10-26)23-25-13-17-29(18-14-25)40-30-19-15-27(16-20-30)37-32-12-6-7-21-35-32/h6-7,12-21,26,28,31,36H,1-5,8-11,22-23H2,(H,35,37)/t28?,31-/m0/s1. The van der Waals surface area contributed by atoms with Crippen molar-refractivity contribution in [3.8, 4) is 17.6 Å². The van der Waals surface area contributed by atoms with Gasteiger partial charge in [0, 0.05) is 24.5 Å². The zero-order valence-electron chi connectivity index (χ0n) is 23.1. The maximum absolute atomic E-state index is 13.8. The Hall–Kier alpha value is -3.89. The largest absolute Gasteiger partial charge is 0.457 e. The summed E-state index contributed by atoms with van der Waals surface area (Å²) in [5, 5.41) is 16.7. The molecule has 2 aromatic carbocycles. The van der Waals surface area contributed by atoms with Gasteiger partial charge >= 0.3 is 0 Å². The molecule has 40 heavy (non-hydrogen) atoms. The molecule has 7 nitrogen and oxygen atoms in total. The molecule has 5 rings (SSSR count). The van der Waals surface area contributed by atoms with Crippen molar-refractivity contribution in [1.29, 1.82) is 5.26 Å². The molecule has 3 aromatic rings. The molecule has 2 heterocycles. The topological polar surface area (TPSA) is 90.3 Å². The van der Waals surface area contributed by atoms with E-state index in [0.717, 1.165) is 67.1 Å². The van der Waals surface area contributed by atoms with E-state index in [1.165, 1.54) is 19.3 Å². The predicted octanol–water partition coefficient (Wildman–Crippen LogP) is 6.75. The van der Waals surface area contributed by atoms with Crippen LogP contribution in [0.2, 0.25) is 0 Å². The Bertz CT molecular complexity index is 1250. The summed E-state index contributed by atoms with van der Waals surface area (Å²) in [5.41, 5.74) is 2.01. The molecule has 1 saturated carbocycles. The third-order valence-corrected chi connectivity index (χ3v) is 7.92. The molecule has 1 aromatic heterocycles. The number of ether oxygens (including phenoxy) is 1. The lowest BCUT2D eigenvalue weighted by Crippen LogP contribution is -2.53. The average molecular weight is 538 g/mol. The molecular weight excluding hydrogens is 498 g/mol. The molecular formula is C33H39N5O2. The van der Waals surface area contributed by atoms with Gasteiger partial charge in [0.05, 0.1) is 12.1 Å². The summed E-state index contributed by atoms with van der Waals surface area (Å²) < 4.78 is 6.08.